The molecule has 208 valence electrons. The average molecular weight is 549 g/mol. The Morgan fingerprint density at radius 2 is 1.77 bits per heavy atom. The first-order valence-corrected chi connectivity index (χ1v) is 13.7. The van der Waals surface area contributed by atoms with Crippen molar-refractivity contribution in [1.29, 1.82) is 5.26 Å². The molecular weight excluding hydrogens is 518 g/mol. The van der Waals surface area contributed by atoms with E-state index in [4.69, 9.17) is 0 Å². The van der Waals surface area contributed by atoms with Gasteiger partial charge in [0.15, 0.2) is 5.60 Å². The van der Waals surface area contributed by atoms with Crippen molar-refractivity contribution in [2.24, 2.45) is 17.8 Å². The average Bonchev–Trinajstić information content (AvgIpc) is 3.53. The van der Waals surface area contributed by atoms with E-state index in [1.165, 1.54) is 4.90 Å². The van der Waals surface area contributed by atoms with Gasteiger partial charge < -0.3 is 20.6 Å². The number of alkyl halides is 2. The Hall–Kier alpha value is -3.84. The lowest BCUT2D eigenvalue weighted by Gasteiger charge is -2.35. The number of likely N-dealkylation sites (tertiary alicyclic amines) is 1. The molecule has 0 bridgehead atoms. The van der Waals surface area contributed by atoms with Crippen molar-refractivity contribution in [3.05, 3.63) is 59.7 Å². The minimum atomic E-state index is -2.97. The highest BCUT2D eigenvalue weighted by atomic mass is 19.3. The van der Waals surface area contributed by atoms with Crippen molar-refractivity contribution in [1.82, 2.24) is 15.5 Å². The van der Waals surface area contributed by atoms with Gasteiger partial charge >= 0.3 is 0 Å². The normalized spacial score (nSPS) is 28.1. The van der Waals surface area contributed by atoms with Gasteiger partial charge in [0.05, 0.1) is 6.07 Å². The molecule has 3 fully saturated rings. The van der Waals surface area contributed by atoms with E-state index in [0.717, 1.165) is 6.42 Å². The fourth-order valence-corrected chi connectivity index (χ4v) is 7.24. The minimum Gasteiger partial charge on any atom is -0.372 e. The third-order valence-corrected chi connectivity index (χ3v) is 9.03. The Labute approximate surface area is 230 Å². The summed E-state index contributed by atoms with van der Waals surface area (Å²) in [5.74, 6) is -6.53. The molecule has 8 nitrogen and oxygen atoms in total. The molecule has 4 aliphatic rings. The van der Waals surface area contributed by atoms with Crippen LogP contribution >= 0.6 is 0 Å². The van der Waals surface area contributed by atoms with Crippen molar-refractivity contribution >= 4 is 17.7 Å². The first kappa shape index (κ1) is 26.4. The maximum absolute atomic E-state index is 14.5. The first-order valence-electron chi connectivity index (χ1n) is 13.7. The van der Waals surface area contributed by atoms with Crippen LogP contribution in [0.15, 0.2) is 48.5 Å². The van der Waals surface area contributed by atoms with E-state index in [1.807, 2.05) is 18.2 Å². The zero-order valence-electron chi connectivity index (χ0n) is 21.8. The number of fused-ring (bicyclic) bond motifs is 4. The highest BCUT2D eigenvalue weighted by molar-refractivity contribution is 6.01. The molecule has 2 heterocycles. The molecule has 6 rings (SSSR count). The molecule has 0 aromatic heterocycles. The topological polar surface area (TPSA) is 123 Å². The van der Waals surface area contributed by atoms with Crippen molar-refractivity contribution in [3.8, 4) is 17.2 Å². The summed E-state index contributed by atoms with van der Waals surface area (Å²) in [5.41, 5.74) is 0.0380. The van der Waals surface area contributed by atoms with Crippen LogP contribution in [-0.4, -0.2) is 58.8 Å². The highest BCUT2D eigenvalue weighted by Crippen LogP contribution is 2.53. The number of hydrogen-bond donors (Lipinski definition) is 3. The van der Waals surface area contributed by atoms with Crippen molar-refractivity contribution in [3.63, 3.8) is 0 Å². The van der Waals surface area contributed by atoms with Gasteiger partial charge in [0.2, 0.25) is 17.7 Å². The van der Waals surface area contributed by atoms with E-state index in [9.17, 15) is 33.5 Å². The van der Waals surface area contributed by atoms with Crippen LogP contribution in [0.5, 0.6) is 0 Å². The monoisotopic (exact) mass is 548 g/mol. The number of halogens is 2. The number of nitrogens with zero attached hydrogens (tertiary/aromatic N) is 2. The Balaban J connectivity index is 1.32. The van der Waals surface area contributed by atoms with Gasteiger partial charge in [-0.1, -0.05) is 48.5 Å². The molecule has 0 spiro atoms. The summed E-state index contributed by atoms with van der Waals surface area (Å²) < 4.78 is 29.0. The van der Waals surface area contributed by atoms with E-state index in [-0.39, 0.29) is 18.9 Å². The fourth-order valence-electron chi connectivity index (χ4n) is 7.24. The molecule has 2 aliphatic carbocycles. The molecule has 10 heteroatoms. The second-order valence-corrected chi connectivity index (χ2v) is 11.4. The fraction of sp³-hybridized carbons (Fsp3) is 0.467. The quantitative estimate of drug-likeness (QED) is 0.531. The van der Waals surface area contributed by atoms with Crippen LogP contribution < -0.4 is 10.6 Å². The molecule has 2 aromatic carbocycles. The molecular formula is C30H30F2N4O4. The molecule has 0 unspecified atom stereocenters. The second-order valence-electron chi connectivity index (χ2n) is 11.4. The number of piperidine rings is 1. The largest absolute Gasteiger partial charge is 0.372 e. The number of rotatable bonds is 5. The Bertz CT molecular complexity index is 1380. The summed E-state index contributed by atoms with van der Waals surface area (Å²) in [6.45, 7) is 0.455. The lowest BCUT2D eigenvalue weighted by molar-refractivity contribution is -0.153. The van der Waals surface area contributed by atoms with Gasteiger partial charge in [0.25, 0.3) is 5.91 Å². The third kappa shape index (κ3) is 4.15. The van der Waals surface area contributed by atoms with Gasteiger partial charge in [0, 0.05) is 43.0 Å². The molecule has 2 aliphatic heterocycles. The van der Waals surface area contributed by atoms with Gasteiger partial charge in [-0.3, -0.25) is 14.4 Å². The van der Waals surface area contributed by atoms with Gasteiger partial charge in [-0.05, 0) is 42.2 Å². The predicted molar refractivity (Wildman–Crippen MR) is 139 cm³/mol. The Morgan fingerprint density at radius 1 is 1.12 bits per heavy atom. The Kier molecular flexibility index (Phi) is 6.37. The van der Waals surface area contributed by atoms with Crippen LogP contribution in [0.4, 0.5) is 8.78 Å². The standard InChI is InChI=1S/C30H30F2N4O4/c31-29(32)13-18-16-36(28(39)30(40)23-9-3-1-7-20(23)21-8-2-4-10-24(21)30)25(22(18)14-29)27(38)35-19(15-33)12-17-6-5-11-34-26(17)37/h1-4,7-10,17-19,22,25,40H,5-6,11-14,16H2,(H,34,37)(H,35,38)/t17-,18-,19+,22-,25+/m1/s1. The van der Waals surface area contributed by atoms with Crippen molar-refractivity contribution in [2.45, 2.75) is 55.7 Å². The summed E-state index contributed by atoms with van der Waals surface area (Å²) >= 11 is 0. The molecule has 2 saturated heterocycles. The maximum Gasteiger partial charge on any atom is 0.264 e. The smallest absolute Gasteiger partial charge is 0.264 e. The molecule has 5 atom stereocenters. The first-order chi connectivity index (χ1) is 19.1. The number of benzene rings is 2. The molecule has 0 radical (unpaired) electrons. The van der Waals surface area contributed by atoms with Crippen LogP contribution in [-0.2, 0) is 20.0 Å². The number of carbonyl (C=O) groups excluding carboxylic acids is 3. The van der Waals surface area contributed by atoms with Crippen LogP contribution in [0.25, 0.3) is 11.1 Å². The summed E-state index contributed by atoms with van der Waals surface area (Å²) in [4.78, 5) is 41.5. The molecule has 3 amide bonds. The molecule has 40 heavy (non-hydrogen) atoms. The molecule has 3 N–H and O–H groups in total. The zero-order valence-corrected chi connectivity index (χ0v) is 21.8. The van der Waals surface area contributed by atoms with E-state index >= 15 is 0 Å². The minimum absolute atomic E-state index is 0.0870. The number of aliphatic hydroxyl groups is 1. The van der Waals surface area contributed by atoms with Gasteiger partial charge in [-0.2, -0.15) is 5.26 Å². The van der Waals surface area contributed by atoms with Crippen LogP contribution in [0.1, 0.15) is 43.2 Å². The van der Waals surface area contributed by atoms with Crippen molar-refractivity contribution in [2.75, 3.05) is 13.1 Å². The number of nitrogens with one attached hydrogen (secondary N) is 2. The third-order valence-electron chi connectivity index (χ3n) is 9.03. The van der Waals surface area contributed by atoms with Crippen LogP contribution in [0.2, 0.25) is 0 Å². The number of carbonyl (C=O) groups is 3. The number of nitriles is 1. The molecule has 2 aromatic rings. The maximum atomic E-state index is 14.5. The van der Waals surface area contributed by atoms with Gasteiger partial charge in [-0.25, -0.2) is 8.78 Å². The van der Waals surface area contributed by atoms with E-state index < -0.39 is 66.0 Å². The van der Waals surface area contributed by atoms with E-state index in [1.54, 1.807) is 36.4 Å². The second kappa shape index (κ2) is 9.66. The van der Waals surface area contributed by atoms with Crippen molar-refractivity contribution < 1.29 is 28.3 Å². The van der Waals surface area contributed by atoms with Gasteiger partial charge in [0.1, 0.15) is 12.1 Å². The van der Waals surface area contributed by atoms with E-state index in [2.05, 4.69) is 10.6 Å². The summed E-state index contributed by atoms with van der Waals surface area (Å²) in [6.07, 6.45) is 0.405. The summed E-state index contributed by atoms with van der Waals surface area (Å²) in [5, 5.41) is 27.3. The lowest BCUT2D eigenvalue weighted by atomic mass is 9.88. The predicted octanol–water partition coefficient (Wildman–Crippen LogP) is 2.70. The summed E-state index contributed by atoms with van der Waals surface area (Å²) in [7, 11) is 0. The SMILES string of the molecule is N#C[C@H](C[C@H]1CCCNC1=O)NC(=O)[C@@H]1[C@@H]2CC(F)(F)C[C@@H]2CN1C(=O)C1(O)c2ccccc2-c2ccccc21. The molecule has 1 saturated carbocycles. The lowest BCUT2D eigenvalue weighted by Crippen LogP contribution is -2.56. The Morgan fingerprint density at radius 3 is 2.40 bits per heavy atom. The number of hydrogen-bond acceptors (Lipinski definition) is 5. The summed E-state index contributed by atoms with van der Waals surface area (Å²) in [6, 6.07) is 13.7. The van der Waals surface area contributed by atoms with Gasteiger partial charge in [-0.15, -0.1) is 0 Å². The van der Waals surface area contributed by atoms with Crippen LogP contribution in [0.3, 0.4) is 0 Å². The number of amides is 3. The van der Waals surface area contributed by atoms with E-state index in [0.29, 0.717) is 35.2 Å². The zero-order chi connectivity index (χ0) is 28.2. The highest BCUT2D eigenvalue weighted by Gasteiger charge is 2.61. The van der Waals surface area contributed by atoms with Crippen LogP contribution in [0, 0.1) is 29.1 Å².